The minimum atomic E-state index is 0.731. The zero-order chi connectivity index (χ0) is 13.0. The molecule has 0 spiro atoms. The minimum absolute atomic E-state index is 0.731. The monoisotopic (exact) mass is 248 g/mol. The Morgan fingerprint density at radius 3 is 3.00 bits per heavy atom. The van der Waals surface area contributed by atoms with Crippen LogP contribution in [0.4, 0.5) is 5.82 Å². The molecule has 0 aromatic carbocycles. The summed E-state index contributed by atoms with van der Waals surface area (Å²) in [6.07, 6.45) is 7.14. The molecule has 1 atom stereocenters. The molecule has 1 aliphatic rings. The van der Waals surface area contributed by atoms with Gasteiger partial charge in [-0.25, -0.2) is 9.97 Å². The van der Waals surface area contributed by atoms with E-state index < -0.39 is 0 Å². The number of aryl methyl sites for hydroxylation is 2. The summed E-state index contributed by atoms with van der Waals surface area (Å²) in [5, 5.41) is 3.44. The van der Waals surface area contributed by atoms with Crippen LogP contribution in [0.15, 0.2) is 6.20 Å². The summed E-state index contributed by atoms with van der Waals surface area (Å²) in [6, 6.07) is 0.731. The van der Waals surface area contributed by atoms with Crippen molar-refractivity contribution >= 4 is 5.82 Å². The predicted octanol–water partition coefficient (Wildman–Crippen LogP) is 2.38. The van der Waals surface area contributed by atoms with E-state index in [1.165, 1.54) is 32.2 Å². The number of likely N-dealkylation sites (tertiary alicyclic amines) is 1. The average molecular weight is 248 g/mol. The van der Waals surface area contributed by atoms with Gasteiger partial charge in [-0.05, 0) is 46.7 Å². The van der Waals surface area contributed by atoms with Crippen molar-refractivity contribution in [3.8, 4) is 0 Å². The lowest BCUT2D eigenvalue weighted by Crippen LogP contribution is -2.37. The fourth-order valence-electron chi connectivity index (χ4n) is 2.58. The molecule has 2 heterocycles. The van der Waals surface area contributed by atoms with Crippen LogP contribution in [0, 0.1) is 13.8 Å². The fraction of sp³-hybridized carbons (Fsp3) is 0.714. The molecule has 100 valence electrons. The molecule has 0 saturated carbocycles. The lowest BCUT2D eigenvalue weighted by atomic mass is 10.0. The standard InChI is InChI=1S/C14H24N4/c1-11-10-16-12(2)17-14(11)15-8-7-13-6-4-5-9-18(13)3/h10,13H,4-9H2,1-3H3,(H,15,16,17)/t13-/m0/s1. The normalized spacial score (nSPS) is 20.9. The molecule has 0 aliphatic carbocycles. The number of nitrogens with one attached hydrogen (secondary N) is 1. The summed E-state index contributed by atoms with van der Waals surface area (Å²) in [4.78, 5) is 11.1. The van der Waals surface area contributed by atoms with Crippen molar-refractivity contribution in [2.24, 2.45) is 0 Å². The second kappa shape index (κ2) is 6.14. The molecule has 0 unspecified atom stereocenters. The minimum Gasteiger partial charge on any atom is -0.370 e. The molecule has 18 heavy (non-hydrogen) atoms. The summed E-state index contributed by atoms with van der Waals surface area (Å²) in [6.45, 7) is 6.22. The van der Waals surface area contributed by atoms with Crippen LogP contribution in [0.3, 0.4) is 0 Å². The topological polar surface area (TPSA) is 41.1 Å². The van der Waals surface area contributed by atoms with E-state index in [0.717, 1.165) is 29.8 Å². The number of hydrogen-bond acceptors (Lipinski definition) is 4. The Hall–Kier alpha value is -1.16. The zero-order valence-electron chi connectivity index (χ0n) is 11.7. The molecular formula is C14H24N4. The fourth-order valence-corrected chi connectivity index (χ4v) is 2.58. The van der Waals surface area contributed by atoms with Crippen molar-refractivity contribution in [2.75, 3.05) is 25.5 Å². The van der Waals surface area contributed by atoms with Crippen LogP contribution in [0.25, 0.3) is 0 Å². The van der Waals surface area contributed by atoms with Crippen molar-refractivity contribution in [3.63, 3.8) is 0 Å². The molecule has 1 aromatic rings. The molecule has 0 amide bonds. The highest BCUT2D eigenvalue weighted by molar-refractivity contribution is 5.41. The first-order chi connectivity index (χ1) is 8.66. The Morgan fingerprint density at radius 2 is 2.22 bits per heavy atom. The van der Waals surface area contributed by atoms with E-state index in [4.69, 9.17) is 0 Å². The van der Waals surface area contributed by atoms with E-state index in [1.807, 2.05) is 13.1 Å². The highest BCUT2D eigenvalue weighted by atomic mass is 15.1. The Labute approximate surface area is 110 Å². The Balaban J connectivity index is 1.82. The molecule has 0 radical (unpaired) electrons. The third-order valence-electron chi connectivity index (χ3n) is 3.78. The van der Waals surface area contributed by atoms with Gasteiger partial charge in [0.2, 0.25) is 0 Å². The van der Waals surface area contributed by atoms with Gasteiger partial charge >= 0.3 is 0 Å². The SMILES string of the molecule is Cc1ncc(C)c(NCC[C@@H]2CCCCN2C)n1. The summed E-state index contributed by atoms with van der Waals surface area (Å²) >= 11 is 0. The zero-order valence-corrected chi connectivity index (χ0v) is 11.7. The first kappa shape index (κ1) is 13.3. The number of rotatable bonds is 4. The Bertz CT molecular complexity index is 391. The highest BCUT2D eigenvalue weighted by Crippen LogP contribution is 2.18. The average Bonchev–Trinajstić information content (AvgIpc) is 2.36. The summed E-state index contributed by atoms with van der Waals surface area (Å²) in [5.74, 6) is 1.82. The molecule has 1 N–H and O–H groups in total. The van der Waals surface area contributed by atoms with Crippen LogP contribution in [0.2, 0.25) is 0 Å². The number of hydrogen-bond donors (Lipinski definition) is 1. The van der Waals surface area contributed by atoms with E-state index in [0.29, 0.717) is 0 Å². The van der Waals surface area contributed by atoms with Gasteiger partial charge < -0.3 is 10.2 Å². The maximum Gasteiger partial charge on any atom is 0.132 e. The summed E-state index contributed by atoms with van der Waals surface area (Å²) in [7, 11) is 2.24. The summed E-state index contributed by atoms with van der Waals surface area (Å²) < 4.78 is 0. The van der Waals surface area contributed by atoms with E-state index >= 15 is 0 Å². The molecule has 1 aromatic heterocycles. The van der Waals surface area contributed by atoms with Crippen molar-refractivity contribution in [2.45, 2.75) is 45.6 Å². The van der Waals surface area contributed by atoms with Gasteiger partial charge in [0.1, 0.15) is 11.6 Å². The van der Waals surface area contributed by atoms with Crippen LogP contribution in [-0.2, 0) is 0 Å². The van der Waals surface area contributed by atoms with E-state index in [1.54, 1.807) is 0 Å². The lowest BCUT2D eigenvalue weighted by molar-refractivity contribution is 0.179. The van der Waals surface area contributed by atoms with E-state index in [9.17, 15) is 0 Å². The Kier molecular flexibility index (Phi) is 4.53. The number of piperidine rings is 1. The van der Waals surface area contributed by atoms with Crippen LogP contribution >= 0.6 is 0 Å². The van der Waals surface area contributed by atoms with Gasteiger partial charge in [0, 0.05) is 24.3 Å². The van der Waals surface area contributed by atoms with Crippen molar-refractivity contribution in [3.05, 3.63) is 17.6 Å². The predicted molar refractivity (Wildman–Crippen MR) is 74.9 cm³/mol. The number of anilines is 1. The first-order valence-corrected chi connectivity index (χ1v) is 6.91. The molecule has 4 nitrogen and oxygen atoms in total. The van der Waals surface area contributed by atoms with Gasteiger partial charge in [-0.15, -0.1) is 0 Å². The van der Waals surface area contributed by atoms with Crippen LogP contribution < -0.4 is 5.32 Å². The third kappa shape index (κ3) is 3.42. The largest absolute Gasteiger partial charge is 0.370 e. The van der Waals surface area contributed by atoms with Crippen LogP contribution in [-0.4, -0.2) is 41.0 Å². The van der Waals surface area contributed by atoms with Gasteiger partial charge in [0.25, 0.3) is 0 Å². The number of nitrogens with zero attached hydrogens (tertiary/aromatic N) is 3. The van der Waals surface area contributed by atoms with Gasteiger partial charge in [-0.1, -0.05) is 6.42 Å². The van der Waals surface area contributed by atoms with Gasteiger partial charge in [-0.2, -0.15) is 0 Å². The maximum atomic E-state index is 4.44. The molecular weight excluding hydrogens is 224 g/mol. The quantitative estimate of drug-likeness (QED) is 0.888. The smallest absolute Gasteiger partial charge is 0.132 e. The van der Waals surface area contributed by atoms with Crippen molar-refractivity contribution < 1.29 is 0 Å². The molecule has 0 bridgehead atoms. The van der Waals surface area contributed by atoms with E-state index in [-0.39, 0.29) is 0 Å². The molecule has 1 saturated heterocycles. The molecule has 2 rings (SSSR count). The van der Waals surface area contributed by atoms with Gasteiger partial charge in [0.05, 0.1) is 0 Å². The Morgan fingerprint density at radius 1 is 1.39 bits per heavy atom. The third-order valence-corrected chi connectivity index (χ3v) is 3.78. The second-order valence-corrected chi connectivity index (χ2v) is 5.29. The van der Waals surface area contributed by atoms with Crippen molar-refractivity contribution in [1.29, 1.82) is 0 Å². The lowest BCUT2D eigenvalue weighted by Gasteiger charge is -2.32. The van der Waals surface area contributed by atoms with Gasteiger partial charge in [-0.3, -0.25) is 0 Å². The van der Waals surface area contributed by atoms with Crippen LogP contribution in [0.5, 0.6) is 0 Å². The molecule has 1 fully saturated rings. The van der Waals surface area contributed by atoms with Crippen molar-refractivity contribution in [1.82, 2.24) is 14.9 Å². The van der Waals surface area contributed by atoms with Gasteiger partial charge in [0.15, 0.2) is 0 Å². The molecule has 1 aliphatic heterocycles. The molecule has 4 heteroatoms. The number of aromatic nitrogens is 2. The first-order valence-electron chi connectivity index (χ1n) is 6.91. The highest BCUT2D eigenvalue weighted by Gasteiger charge is 2.18. The van der Waals surface area contributed by atoms with Crippen LogP contribution in [0.1, 0.15) is 37.1 Å². The maximum absolute atomic E-state index is 4.44. The second-order valence-electron chi connectivity index (χ2n) is 5.29. The summed E-state index contributed by atoms with van der Waals surface area (Å²) in [5.41, 5.74) is 1.12. The van der Waals surface area contributed by atoms with E-state index in [2.05, 4.69) is 34.2 Å².